The summed E-state index contributed by atoms with van der Waals surface area (Å²) in [7, 11) is -3.77. The summed E-state index contributed by atoms with van der Waals surface area (Å²) in [6.07, 6.45) is 3.27. The first kappa shape index (κ1) is 19.0. The van der Waals surface area contributed by atoms with Crippen LogP contribution in [0.15, 0.2) is 47.6 Å². The molecule has 6 nitrogen and oxygen atoms in total. The summed E-state index contributed by atoms with van der Waals surface area (Å²) in [6.45, 7) is 3.61. The quantitative estimate of drug-likeness (QED) is 0.812. The molecule has 1 N–H and O–H groups in total. The minimum absolute atomic E-state index is 0.0254. The molecule has 0 aliphatic rings. The average molecular weight is 365 g/mol. The first-order valence-corrected chi connectivity index (χ1v) is 9.18. The lowest BCUT2D eigenvalue weighted by Gasteiger charge is -2.21. The van der Waals surface area contributed by atoms with Crippen molar-refractivity contribution in [2.75, 3.05) is 13.1 Å². The molecule has 0 saturated heterocycles. The van der Waals surface area contributed by atoms with Crippen molar-refractivity contribution in [3.8, 4) is 0 Å². The third-order valence-corrected chi connectivity index (χ3v) is 5.29. The summed E-state index contributed by atoms with van der Waals surface area (Å²) in [6, 6.07) is 7.09. The largest absolute Gasteiger partial charge is 0.337 e. The summed E-state index contributed by atoms with van der Waals surface area (Å²) in [5.74, 6) is -0.648. The van der Waals surface area contributed by atoms with Crippen LogP contribution in [0.1, 0.15) is 18.1 Å². The lowest BCUT2D eigenvalue weighted by molar-refractivity contribution is -0.129. The lowest BCUT2D eigenvalue weighted by Crippen LogP contribution is -2.37. The van der Waals surface area contributed by atoms with Crippen LogP contribution in [-0.4, -0.2) is 37.3 Å². The highest BCUT2D eigenvalue weighted by atomic mass is 32.2. The molecule has 0 spiro atoms. The molecule has 1 aromatic carbocycles. The van der Waals surface area contributed by atoms with Gasteiger partial charge < -0.3 is 4.90 Å². The first-order chi connectivity index (χ1) is 11.8. The minimum Gasteiger partial charge on any atom is -0.337 e. The lowest BCUT2D eigenvalue weighted by atomic mass is 10.2. The van der Waals surface area contributed by atoms with Gasteiger partial charge in [0, 0.05) is 39.0 Å². The van der Waals surface area contributed by atoms with Crippen molar-refractivity contribution >= 4 is 15.9 Å². The van der Waals surface area contributed by atoms with Gasteiger partial charge in [0.05, 0.1) is 4.90 Å². The molecular weight excluding hydrogens is 345 g/mol. The number of hydrogen-bond acceptors (Lipinski definition) is 4. The van der Waals surface area contributed by atoms with E-state index in [1.165, 1.54) is 30.9 Å². The monoisotopic (exact) mass is 365 g/mol. The summed E-state index contributed by atoms with van der Waals surface area (Å²) >= 11 is 0. The van der Waals surface area contributed by atoms with E-state index in [9.17, 15) is 17.6 Å². The van der Waals surface area contributed by atoms with E-state index in [1.54, 1.807) is 24.5 Å². The van der Waals surface area contributed by atoms with E-state index in [0.29, 0.717) is 12.1 Å². The molecule has 2 aromatic rings. The van der Waals surface area contributed by atoms with Gasteiger partial charge in [-0.2, -0.15) is 0 Å². The number of nitrogens with one attached hydrogen (secondary N) is 1. The van der Waals surface area contributed by atoms with E-state index in [4.69, 9.17) is 0 Å². The van der Waals surface area contributed by atoms with Crippen LogP contribution in [0.2, 0.25) is 0 Å². The smallest absolute Gasteiger partial charge is 0.240 e. The van der Waals surface area contributed by atoms with Crippen LogP contribution in [0.3, 0.4) is 0 Å². The number of benzene rings is 1. The molecular formula is C17H20FN3O3S. The third-order valence-electron chi connectivity index (χ3n) is 3.67. The number of sulfonamides is 1. The molecule has 0 radical (unpaired) electrons. The molecule has 0 aliphatic heterocycles. The van der Waals surface area contributed by atoms with Crippen molar-refractivity contribution in [2.24, 2.45) is 0 Å². The zero-order valence-corrected chi connectivity index (χ0v) is 14.9. The van der Waals surface area contributed by atoms with Gasteiger partial charge in [-0.1, -0.05) is 0 Å². The Morgan fingerprint density at radius 2 is 1.92 bits per heavy atom. The number of carbonyl (C=O) groups is 1. The Balaban J connectivity index is 2.00. The minimum atomic E-state index is -3.77. The van der Waals surface area contributed by atoms with Gasteiger partial charge >= 0.3 is 0 Å². The molecule has 1 heterocycles. The van der Waals surface area contributed by atoms with Crippen molar-refractivity contribution < 1.29 is 17.6 Å². The second kappa shape index (κ2) is 8.17. The molecule has 25 heavy (non-hydrogen) atoms. The predicted octanol–water partition coefficient (Wildman–Crippen LogP) is 1.86. The van der Waals surface area contributed by atoms with E-state index in [2.05, 4.69) is 9.71 Å². The van der Waals surface area contributed by atoms with Gasteiger partial charge in [0.15, 0.2) is 0 Å². The number of halogens is 1. The van der Waals surface area contributed by atoms with Crippen molar-refractivity contribution in [1.29, 1.82) is 0 Å². The fraction of sp³-hybridized carbons (Fsp3) is 0.294. The summed E-state index contributed by atoms with van der Waals surface area (Å²) in [5.41, 5.74) is 1.23. The Kier molecular flexibility index (Phi) is 6.22. The topological polar surface area (TPSA) is 79.4 Å². The van der Waals surface area contributed by atoms with E-state index < -0.39 is 15.8 Å². The van der Waals surface area contributed by atoms with E-state index in [1.807, 2.05) is 0 Å². The fourth-order valence-electron chi connectivity index (χ4n) is 2.36. The highest BCUT2D eigenvalue weighted by Crippen LogP contribution is 2.15. The Morgan fingerprint density at radius 3 is 2.52 bits per heavy atom. The van der Waals surface area contributed by atoms with Crippen LogP contribution in [0.5, 0.6) is 0 Å². The summed E-state index contributed by atoms with van der Waals surface area (Å²) in [4.78, 5) is 17.2. The maximum atomic E-state index is 13.1. The van der Waals surface area contributed by atoms with Gasteiger partial charge in [-0.25, -0.2) is 17.5 Å². The zero-order chi connectivity index (χ0) is 18.4. The molecule has 1 aromatic heterocycles. The molecule has 1 amide bonds. The number of aryl methyl sites for hydroxylation is 1. The molecule has 0 fully saturated rings. The summed E-state index contributed by atoms with van der Waals surface area (Å²) < 4.78 is 40.2. The highest BCUT2D eigenvalue weighted by Gasteiger charge is 2.18. The van der Waals surface area contributed by atoms with E-state index in [-0.39, 0.29) is 23.9 Å². The fourth-order valence-corrected chi connectivity index (χ4v) is 3.61. The van der Waals surface area contributed by atoms with Gasteiger partial charge in [0.2, 0.25) is 15.9 Å². The standard InChI is InChI=1S/C17H20FN3O3S/c1-13-11-16(18)3-4-17(13)25(23,24)20-9-10-21(14(2)22)12-15-5-7-19-8-6-15/h3-8,11,20H,9-10,12H2,1-2H3. The molecule has 0 atom stereocenters. The third kappa shape index (κ3) is 5.33. The Bertz CT molecular complexity index is 841. The number of rotatable bonds is 7. The number of hydrogen-bond donors (Lipinski definition) is 1. The normalized spacial score (nSPS) is 11.3. The Hall–Kier alpha value is -2.32. The van der Waals surface area contributed by atoms with Crippen LogP contribution in [-0.2, 0) is 21.4 Å². The predicted molar refractivity (Wildman–Crippen MR) is 91.7 cm³/mol. The van der Waals surface area contributed by atoms with Crippen molar-refractivity contribution in [2.45, 2.75) is 25.3 Å². The van der Waals surface area contributed by atoms with E-state index in [0.717, 1.165) is 11.6 Å². The van der Waals surface area contributed by atoms with Crippen molar-refractivity contribution in [3.05, 3.63) is 59.7 Å². The number of amides is 1. The van der Waals surface area contributed by atoms with Gasteiger partial charge in [-0.3, -0.25) is 9.78 Å². The average Bonchev–Trinajstić information content (AvgIpc) is 2.54. The van der Waals surface area contributed by atoms with Gasteiger partial charge in [0.25, 0.3) is 0 Å². The van der Waals surface area contributed by atoms with Crippen LogP contribution >= 0.6 is 0 Å². The van der Waals surface area contributed by atoms with E-state index >= 15 is 0 Å². The number of nitrogens with zero attached hydrogens (tertiary/aromatic N) is 2. The van der Waals surface area contributed by atoms with Crippen molar-refractivity contribution in [1.82, 2.24) is 14.6 Å². The van der Waals surface area contributed by atoms with Crippen LogP contribution in [0, 0.1) is 12.7 Å². The first-order valence-electron chi connectivity index (χ1n) is 7.70. The maximum Gasteiger partial charge on any atom is 0.240 e. The Labute approximate surface area is 146 Å². The van der Waals surface area contributed by atoms with Crippen LogP contribution < -0.4 is 4.72 Å². The molecule has 0 saturated carbocycles. The van der Waals surface area contributed by atoms with Crippen LogP contribution in [0.25, 0.3) is 0 Å². The SMILES string of the molecule is CC(=O)N(CCNS(=O)(=O)c1ccc(F)cc1C)Cc1ccncc1. The molecule has 2 rings (SSSR count). The molecule has 134 valence electrons. The number of aromatic nitrogens is 1. The number of carbonyl (C=O) groups excluding carboxylic acids is 1. The second-order valence-corrected chi connectivity index (χ2v) is 7.34. The Morgan fingerprint density at radius 1 is 1.24 bits per heavy atom. The van der Waals surface area contributed by atoms with Gasteiger partial charge in [-0.15, -0.1) is 0 Å². The summed E-state index contributed by atoms with van der Waals surface area (Å²) in [5, 5.41) is 0. The number of pyridine rings is 1. The zero-order valence-electron chi connectivity index (χ0n) is 14.1. The van der Waals surface area contributed by atoms with Gasteiger partial charge in [-0.05, 0) is 48.4 Å². The molecule has 0 unspecified atom stereocenters. The van der Waals surface area contributed by atoms with Crippen molar-refractivity contribution in [3.63, 3.8) is 0 Å². The molecule has 8 heteroatoms. The molecule has 0 aliphatic carbocycles. The molecule has 0 bridgehead atoms. The van der Waals surface area contributed by atoms with Gasteiger partial charge in [0.1, 0.15) is 5.82 Å². The maximum absolute atomic E-state index is 13.1. The van der Waals surface area contributed by atoms with Crippen LogP contribution in [0.4, 0.5) is 4.39 Å². The second-order valence-electron chi connectivity index (χ2n) is 5.60. The highest BCUT2D eigenvalue weighted by molar-refractivity contribution is 7.89.